The van der Waals surface area contributed by atoms with Gasteiger partial charge in [-0.2, -0.15) is 0 Å². The van der Waals surface area contributed by atoms with Gasteiger partial charge in [-0.3, -0.25) is 4.79 Å². The first-order valence-electron chi connectivity index (χ1n) is 6.56. The van der Waals surface area contributed by atoms with Crippen molar-refractivity contribution >= 4 is 17.2 Å². The fraction of sp³-hybridized carbons (Fsp3) is 0.333. The van der Waals surface area contributed by atoms with Crippen molar-refractivity contribution in [3.8, 4) is 10.6 Å². The number of aromatic nitrogens is 1. The Labute approximate surface area is 117 Å². The van der Waals surface area contributed by atoms with Gasteiger partial charge in [0.05, 0.1) is 0 Å². The zero-order chi connectivity index (χ0) is 13.7. The van der Waals surface area contributed by atoms with Gasteiger partial charge in [0.2, 0.25) is 0 Å². The van der Waals surface area contributed by atoms with Crippen molar-refractivity contribution in [3.05, 3.63) is 41.4 Å². The summed E-state index contributed by atoms with van der Waals surface area (Å²) in [7, 11) is 0. The van der Waals surface area contributed by atoms with Crippen LogP contribution in [0.3, 0.4) is 0 Å². The molecule has 0 fully saturated rings. The van der Waals surface area contributed by atoms with Crippen molar-refractivity contribution in [2.45, 2.75) is 32.7 Å². The van der Waals surface area contributed by atoms with E-state index in [1.807, 2.05) is 35.7 Å². The molecule has 1 heterocycles. The first-order valence-corrected chi connectivity index (χ1v) is 7.44. The van der Waals surface area contributed by atoms with Gasteiger partial charge in [0.1, 0.15) is 10.7 Å². The lowest BCUT2D eigenvalue weighted by Crippen LogP contribution is -2.33. The molecule has 0 atom stereocenters. The Balaban J connectivity index is 2.11. The number of rotatable bonds is 5. The zero-order valence-electron chi connectivity index (χ0n) is 11.2. The van der Waals surface area contributed by atoms with E-state index >= 15 is 0 Å². The van der Waals surface area contributed by atoms with E-state index in [9.17, 15) is 4.79 Å². The maximum absolute atomic E-state index is 12.1. The van der Waals surface area contributed by atoms with Crippen molar-refractivity contribution in [2.24, 2.45) is 0 Å². The third kappa shape index (κ3) is 3.41. The molecule has 0 aliphatic heterocycles. The second kappa shape index (κ2) is 6.48. The number of carbonyl (C=O) groups excluding carboxylic acids is 1. The van der Waals surface area contributed by atoms with Crippen LogP contribution in [0.1, 0.15) is 37.2 Å². The highest BCUT2D eigenvalue weighted by Crippen LogP contribution is 2.23. The minimum atomic E-state index is -0.0767. The number of nitrogens with one attached hydrogen (secondary N) is 1. The molecule has 3 nitrogen and oxygen atoms in total. The maximum Gasteiger partial charge on any atom is 0.270 e. The lowest BCUT2D eigenvalue weighted by molar-refractivity contribution is 0.0930. The predicted octanol–water partition coefficient (Wildman–Crippen LogP) is 3.73. The molecule has 1 amide bonds. The molecule has 0 saturated carbocycles. The first-order chi connectivity index (χ1) is 9.24. The highest BCUT2D eigenvalue weighted by atomic mass is 32.1. The summed E-state index contributed by atoms with van der Waals surface area (Å²) in [6.07, 6.45) is 1.88. The van der Waals surface area contributed by atoms with Gasteiger partial charge in [0.25, 0.3) is 5.91 Å². The Morgan fingerprint density at radius 2 is 1.95 bits per heavy atom. The molecule has 1 N–H and O–H groups in total. The number of thiazole rings is 1. The van der Waals surface area contributed by atoms with Gasteiger partial charge in [-0.1, -0.05) is 44.2 Å². The summed E-state index contributed by atoms with van der Waals surface area (Å²) in [5.74, 6) is -0.0767. The van der Waals surface area contributed by atoms with Crippen LogP contribution in [0, 0.1) is 0 Å². The van der Waals surface area contributed by atoms with Crippen molar-refractivity contribution < 1.29 is 4.79 Å². The predicted molar refractivity (Wildman–Crippen MR) is 79.4 cm³/mol. The molecule has 2 rings (SSSR count). The Hall–Kier alpha value is -1.68. The van der Waals surface area contributed by atoms with Crippen molar-refractivity contribution in [3.63, 3.8) is 0 Å². The zero-order valence-corrected chi connectivity index (χ0v) is 12.0. The van der Waals surface area contributed by atoms with E-state index in [2.05, 4.69) is 24.1 Å². The summed E-state index contributed by atoms with van der Waals surface area (Å²) in [5.41, 5.74) is 1.56. The standard InChI is InChI=1S/C15H18N2OS/c1-3-12(4-2)16-14(18)13-10-19-15(17-13)11-8-6-5-7-9-11/h5-10,12H,3-4H2,1-2H3,(H,16,18). The third-order valence-electron chi connectivity index (χ3n) is 3.08. The summed E-state index contributed by atoms with van der Waals surface area (Å²) in [6, 6.07) is 10.1. The quantitative estimate of drug-likeness (QED) is 0.902. The van der Waals surface area contributed by atoms with Crippen LogP contribution in [-0.4, -0.2) is 16.9 Å². The lowest BCUT2D eigenvalue weighted by Gasteiger charge is -2.13. The molecular formula is C15H18N2OS. The van der Waals surface area contributed by atoms with Gasteiger partial charge in [-0.05, 0) is 12.8 Å². The summed E-state index contributed by atoms with van der Waals surface area (Å²) < 4.78 is 0. The molecule has 100 valence electrons. The van der Waals surface area contributed by atoms with Crippen molar-refractivity contribution in [2.75, 3.05) is 0 Å². The molecule has 2 aromatic rings. The number of hydrogen-bond acceptors (Lipinski definition) is 3. The summed E-state index contributed by atoms with van der Waals surface area (Å²) >= 11 is 1.50. The van der Waals surface area contributed by atoms with Gasteiger partial charge in [-0.25, -0.2) is 4.98 Å². The third-order valence-corrected chi connectivity index (χ3v) is 3.97. The molecule has 0 unspecified atom stereocenters. The average Bonchev–Trinajstić information content (AvgIpc) is 2.95. The number of nitrogens with zero attached hydrogens (tertiary/aromatic N) is 1. The highest BCUT2D eigenvalue weighted by molar-refractivity contribution is 7.13. The Morgan fingerprint density at radius 1 is 1.26 bits per heavy atom. The molecule has 0 radical (unpaired) electrons. The van der Waals surface area contributed by atoms with E-state index in [-0.39, 0.29) is 11.9 Å². The number of amides is 1. The molecule has 0 saturated heterocycles. The van der Waals surface area contributed by atoms with Crippen LogP contribution in [0.25, 0.3) is 10.6 Å². The van der Waals surface area contributed by atoms with Crippen LogP contribution < -0.4 is 5.32 Å². The molecule has 0 bridgehead atoms. The van der Waals surface area contributed by atoms with E-state index in [1.165, 1.54) is 11.3 Å². The molecule has 0 aliphatic rings. The molecule has 19 heavy (non-hydrogen) atoms. The number of carbonyl (C=O) groups is 1. The fourth-order valence-corrected chi connectivity index (χ4v) is 2.65. The molecule has 0 spiro atoms. The van der Waals surface area contributed by atoms with Crippen molar-refractivity contribution in [1.82, 2.24) is 10.3 Å². The van der Waals surface area contributed by atoms with E-state index in [0.29, 0.717) is 5.69 Å². The van der Waals surface area contributed by atoms with Gasteiger partial charge in [-0.15, -0.1) is 11.3 Å². The van der Waals surface area contributed by atoms with Crippen LogP contribution in [-0.2, 0) is 0 Å². The van der Waals surface area contributed by atoms with Crippen LogP contribution >= 0.6 is 11.3 Å². The Kier molecular flexibility index (Phi) is 4.68. The number of benzene rings is 1. The maximum atomic E-state index is 12.1. The minimum Gasteiger partial charge on any atom is -0.348 e. The smallest absolute Gasteiger partial charge is 0.270 e. The number of hydrogen-bond donors (Lipinski definition) is 1. The van der Waals surface area contributed by atoms with Crippen LogP contribution in [0.15, 0.2) is 35.7 Å². The Bertz CT molecular complexity index is 532. The van der Waals surface area contributed by atoms with Gasteiger partial charge < -0.3 is 5.32 Å². The van der Waals surface area contributed by atoms with Gasteiger partial charge in [0, 0.05) is 17.0 Å². The van der Waals surface area contributed by atoms with Gasteiger partial charge >= 0.3 is 0 Å². The lowest BCUT2D eigenvalue weighted by atomic mass is 10.2. The largest absolute Gasteiger partial charge is 0.348 e. The molecule has 4 heteroatoms. The minimum absolute atomic E-state index is 0.0767. The first kappa shape index (κ1) is 13.7. The van der Waals surface area contributed by atoms with Gasteiger partial charge in [0.15, 0.2) is 0 Å². The average molecular weight is 274 g/mol. The molecular weight excluding hydrogens is 256 g/mol. The monoisotopic (exact) mass is 274 g/mol. The molecule has 0 aliphatic carbocycles. The molecule has 1 aromatic heterocycles. The molecule has 1 aromatic carbocycles. The van der Waals surface area contributed by atoms with Crippen molar-refractivity contribution in [1.29, 1.82) is 0 Å². The SMILES string of the molecule is CCC(CC)NC(=O)c1csc(-c2ccccc2)n1. The van der Waals surface area contributed by atoms with Crippen LogP contribution in [0.4, 0.5) is 0 Å². The summed E-state index contributed by atoms with van der Waals surface area (Å²) in [4.78, 5) is 16.5. The van der Waals surface area contributed by atoms with E-state index in [1.54, 1.807) is 0 Å². The fourth-order valence-electron chi connectivity index (χ4n) is 1.84. The summed E-state index contributed by atoms with van der Waals surface area (Å²) in [5, 5.41) is 5.71. The van der Waals surface area contributed by atoms with Crippen LogP contribution in [0.2, 0.25) is 0 Å². The second-order valence-electron chi connectivity index (χ2n) is 4.39. The van der Waals surface area contributed by atoms with E-state index in [0.717, 1.165) is 23.4 Å². The second-order valence-corrected chi connectivity index (χ2v) is 5.25. The van der Waals surface area contributed by atoms with Crippen LogP contribution in [0.5, 0.6) is 0 Å². The topological polar surface area (TPSA) is 42.0 Å². The van der Waals surface area contributed by atoms with E-state index < -0.39 is 0 Å². The summed E-state index contributed by atoms with van der Waals surface area (Å²) in [6.45, 7) is 4.15. The van der Waals surface area contributed by atoms with E-state index in [4.69, 9.17) is 0 Å². The Morgan fingerprint density at radius 3 is 2.58 bits per heavy atom. The normalized spacial score (nSPS) is 10.7. The highest BCUT2D eigenvalue weighted by Gasteiger charge is 2.14.